The van der Waals surface area contributed by atoms with E-state index < -0.39 is 11.9 Å². The van der Waals surface area contributed by atoms with Gasteiger partial charge in [-0.15, -0.1) is 0 Å². The summed E-state index contributed by atoms with van der Waals surface area (Å²) in [4.78, 5) is 33.0. The highest BCUT2D eigenvalue weighted by Gasteiger charge is 2.10. The fourth-order valence-corrected chi connectivity index (χ4v) is 2.18. The summed E-state index contributed by atoms with van der Waals surface area (Å²) in [6.07, 6.45) is 13.8. The van der Waals surface area contributed by atoms with E-state index in [1.165, 1.54) is 20.8 Å². The second-order valence-corrected chi connectivity index (χ2v) is 5.88. The third kappa shape index (κ3) is 10.8. The number of ether oxygens (including phenoxy) is 3. The van der Waals surface area contributed by atoms with Crippen molar-refractivity contribution >= 4 is 17.9 Å². The Bertz CT molecular complexity index is 758. The lowest BCUT2D eigenvalue weighted by Gasteiger charge is -2.10. The second kappa shape index (κ2) is 13.1. The molecule has 0 atom stereocenters. The monoisotopic (exact) mass is 386 g/mol. The van der Waals surface area contributed by atoms with Crippen LogP contribution in [0.25, 0.3) is 0 Å². The molecule has 0 aliphatic carbocycles. The summed E-state index contributed by atoms with van der Waals surface area (Å²) >= 11 is 0. The summed E-state index contributed by atoms with van der Waals surface area (Å²) < 4.78 is 15.0. The normalized spacial score (nSPS) is 11.2. The highest BCUT2D eigenvalue weighted by Crippen LogP contribution is 2.29. The molecule has 0 unspecified atom stereocenters. The molecule has 0 saturated carbocycles. The maximum absolute atomic E-state index is 11.2. The first kappa shape index (κ1) is 22.9. The molecule has 0 saturated heterocycles. The maximum Gasteiger partial charge on any atom is 0.308 e. The summed E-state index contributed by atoms with van der Waals surface area (Å²) in [5, 5.41) is 0. The lowest BCUT2D eigenvalue weighted by molar-refractivity contribution is -0.140. The highest BCUT2D eigenvalue weighted by molar-refractivity contribution is 5.73. The maximum atomic E-state index is 11.2. The molecule has 0 aliphatic heterocycles. The number of carbonyl (C=O) groups is 3. The zero-order valence-corrected chi connectivity index (χ0v) is 16.5. The Labute approximate surface area is 165 Å². The molecular weight excluding hydrogens is 360 g/mol. The number of allylic oxidation sites excluding steroid dienone is 5. The summed E-state index contributed by atoms with van der Waals surface area (Å²) in [6, 6.07) is 5.16. The molecule has 6 heteroatoms. The van der Waals surface area contributed by atoms with Gasteiger partial charge < -0.3 is 14.2 Å². The average molecular weight is 386 g/mol. The number of esters is 3. The van der Waals surface area contributed by atoms with Gasteiger partial charge in [-0.2, -0.15) is 0 Å². The van der Waals surface area contributed by atoms with Gasteiger partial charge in [-0.05, 0) is 37.0 Å². The Hall–Kier alpha value is -3.15. The Morgan fingerprint density at radius 1 is 0.786 bits per heavy atom. The highest BCUT2D eigenvalue weighted by atomic mass is 16.6. The lowest BCUT2D eigenvalue weighted by atomic mass is 10.1. The smallest absolute Gasteiger partial charge is 0.308 e. The molecule has 1 aromatic carbocycles. The summed E-state index contributed by atoms with van der Waals surface area (Å²) in [5.74, 6) is -0.756. The molecule has 1 aromatic rings. The molecule has 150 valence electrons. The third-order valence-electron chi connectivity index (χ3n) is 3.31. The van der Waals surface area contributed by atoms with Crippen molar-refractivity contribution in [1.29, 1.82) is 0 Å². The van der Waals surface area contributed by atoms with E-state index in [0.717, 1.165) is 18.4 Å². The summed E-state index contributed by atoms with van der Waals surface area (Å²) in [7, 11) is 0. The first-order valence-corrected chi connectivity index (χ1v) is 9.00. The minimum atomic E-state index is -0.476. The van der Waals surface area contributed by atoms with Gasteiger partial charge in [-0.3, -0.25) is 14.4 Å². The number of benzene rings is 1. The summed E-state index contributed by atoms with van der Waals surface area (Å²) in [6.45, 7) is 4.36. The van der Waals surface area contributed by atoms with E-state index in [9.17, 15) is 14.4 Å². The standard InChI is InChI=1S/C22H26O6/c1-17(23)26-15-11-9-7-5-4-6-8-10-12-20-13-14-21(27-18(2)24)22(16-20)28-19(3)25/h4-9,13-14,16H,10-12,15H2,1-3H3/b5-4+,8-6+,9-7+. The van der Waals surface area contributed by atoms with Crippen LogP contribution in [0.5, 0.6) is 11.5 Å². The minimum Gasteiger partial charge on any atom is -0.466 e. The van der Waals surface area contributed by atoms with Gasteiger partial charge in [0.1, 0.15) is 0 Å². The van der Waals surface area contributed by atoms with Gasteiger partial charge in [-0.1, -0.05) is 42.5 Å². The molecule has 0 spiro atoms. The molecular formula is C22H26O6. The largest absolute Gasteiger partial charge is 0.466 e. The molecule has 1 rings (SSSR count). The van der Waals surface area contributed by atoms with Crippen molar-refractivity contribution in [3.8, 4) is 11.5 Å². The molecule has 0 amide bonds. The van der Waals surface area contributed by atoms with E-state index >= 15 is 0 Å². The van der Waals surface area contributed by atoms with Gasteiger partial charge in [0.15, 0.2) is 11.5 Å². The molecule has 0 aliphatic rings. The molecule has 0 heterocycles. The van der Waals surface area contributed by atoms with Crippen LogP contribution in [-0.2, 0) is 25.5 Å². The Balaban J connectivity index is 2.47. The van der Waals surface area contributed by atoms with E-state index in [-0.39, 0.29) is 17.5 Å². The predicted molar refractivity (Wildman–Crippen MR) is 106 cm³/mol. The molecule has 0 aromatic heterocycles. The molecule has 0 bridgehead atoms. The quantitative estimate of drug-likeness (QED) is 0.261. The van der Waals surface area contributed by atoms with E-state index in [1.54, 1.807) is 12.1 Å². The first-order chi connectivity index (χ1) is 13.4. The number of hydrogen-bond donors (Lipinski definition) is 0. The first-order valence-electron chi connectivity index (χ1n) is 9.00. The number of rotatable bonds is 10. The van der Waals surface area contributed by atoms with E-state index in [1.807, 2.05) is 42.5 Å². The Morgan fingerprint density at radius 3 is 2.00 bits per heavy atom. The van der Waals surface area contributed by atoms with Crippen molar-refractivity contribution in [1.82, 2.24) is 0 Å². The van der Waals surface area contributed by atoms with Crippen LogP contribution >= 0.6 is 0 Å². The van der Waals surface area contributed by atoms with Crippen molar-refractivity contribution in [3.05, 3.63) is 60.2 Å². The van der Waals surface area contributed by atoms with Crippen LogP contribution in [0.15, 0.2) is 54.7 Å². The molecule has 28 heavy (non-hydrogen) atoms. The van der Waals surface area contributed by atoms with Gasteiger partial charge in [0.25, 0.3) is 0 Å². The number of aryl methyl sites for hydroxylation is 1. The van der Waals surface area contributed by atoms with Crippen LogP contribution in [0.2, 0.25) is 0 Å². The van der Waals surface area contributed by atoms with Gasteiger partial charge >= 0.3 is 17.9 Å². The fourth-order valence-electron chi connectivity index (χ4n) is 2.18. The topological polar surface area (TPSA) is 78.9 Å². The van der Waals surface area contributed by atoms with E-state index in [0.29, 0.717) is 13.0 Å². The zero-order chi connectivity index (χ0) is 20.8. The second-order valence-electron chi connectivity index (χ2n) is 5.88. The van der Waals surface area contributed by atoms with Crippen molar-refractivity contribution in [3.63, 3.8) is 0 Å². The van der Waals surface area contributed by atoms with Crippen LogP contribution < -0.4 is 9.47 Å². The molecule has 0 radical (unpaired) electrons. The average Bonchev–Trinajstić information content (AvgIpc) is 2.60. The van der Waals surface area contributed by atoms with E-state index in [2.05, 4.69) is 0 Å². The predicted octanol–water partition coefficient (Wildman–Crippen LogP) is 4.09. The SMILES string of the molecule is CC(=O)OCC/C=C/C=C/C=C/CCc1ccc(OC(C)=O)c(OC(C)=O)c1. The van der Waals surface area contributed by atoms with E-state index in [4.69, 9.17) is 14.2 Å². The number of hydrogen-bond acceptors (Lipinski definition) is 6. The molecule has 0 N–H and O–H groups in total. The van der Waals surface area contributed by atoms with Crippen molar-refractivity contribution in [2.24, 2.45) is 0 Å². The molecule has 6 nitrogen and oxygen atoms in total. The van der Waals surface area contributed by atoms with Gasteiger partial charge in [0, 0.05) is 20.8 Å². The minimum absolute atomic E-state index is 0.227. The van der Waals surface area contributed by atoms with Gasteiger partial charge in [0.2, 0.25) is 0 Å². The van der Waals surface area contributed by atoms with Crippen LogP contribution in [0.3, 0.4) is 0 Å². The zero-order valence-electron chi connectivity index (χ0n) is 16.5. The van der Waals surface area contributed by atoms with Crippen molar-refractivity contribution in [2.75, 3.05) is 6.61 Å². The Kier molecular flexibility index (Phi) is 10.7. The van der Waals surface area contributed by atoms with Crippen LogP contribution in [-0.4, -0.2) is 24.5 Å². The van der Waals surface area contributed by atoms with Crippen LogP contribution in [0, 0.1) is 0 Å². The van der Waals surface area contributed by atoms with Crippen LogP contribution in [0.4, 0.5) is 0 Å². The third-order valence-corrected chi connectivity index (χ3v) is 3.31. The number of carbonyl (C=O) groups excluding carboxylic acids is 3. The fraction of sp³-hybridized carbons (Fsp3) is 0.318. The van der Waals surface area contributed by atoms with Gasteiger partial charge in [-0.25, -0.2) is 0 Å². The van der Waals surface area contributed by atoms with Gasteiger partial charge in [0.05, 0.1) is 6.61 Å². The van der Waals surface area contributed by atoms with Crippen molar-refractivity contribution in [2.45, 2.75) is 40.0 Å². The Morgan fingerprint density at radius 2 is 1.39 bits per heavy atom. The van der Waals surface area contributed by atoms with Crippen molar-refractivity contribution < 1.29 is 28.6 Å². The molecule has 0 fully saturated rings. The van der Waals surface area contributed by atoms with Crippen LogP contribution in [0.1, 0.15) is 39.2 Å². The summed E-state index contributed by atoms with van der Waals surface area (Å²) in [5.41, 5.74) is 0.964. The lowest BCUT2D eigenvalue weighted by Crippen LogP contribution is -2.07.